The zero-order chi connectivity index (χ0) is 17.7. The number of carbonyl (C=O) groups is 4. The molecule has 0 saturated heterocycles. The molecule has 0 aliphatic rings. The molecule has 0 radical (unpaired) electrons. The third-order valence-corrected chi connectivity index (χ3v) is 0.167. The average Bonchev–Trinajstić information content (AvgIpc) is 2.13. The van der Waals surface area contributed by atoms with E-state index in [0.29, 0.717) is 13.1 Å². The van der Waals surface area contributed by atoms with Crippen LogP contribution < -0.4 is 11.5 Å². The van der Waals surface area contributed by atoms with Gasteiger partial charge in [0.2, 0.25) is 0 Å². The van der Waals surface area contributed by atoms with Crippen LogP contribution in [-0.4, -0.2) is 140 Å². The van der Waals surface area contributed by atoms with Crippen molar-refractivity contribution in [3.8, 4) is 0 Å². The molecular formula is C10H28MgN2Na2O8. The number of hydrogen-bond donors (Lipinski definition) is 6. The van der Waals surface area contributed by atoms with Gasteiger partial charge in [0.05, 0.1) is 0 Å². The monoisotopic (exact) mass is 374 g/mol. The van der Waals surface area contributed by atoms with Gasteiger partial charge >= 0.3 is 82.2 Å². The Kier molecular flexibility index (Phi) is 107. The molecule has 0 atom stereocenters. The molecule has 0 saturated carbocycles. The van der Waals surface area contributed by atoms with E-state index in [1.807, 2.05) is 0 Å². The normalized spacial score (nSPS) is 5.65. The predicted molar refractivity (Wildman–Crippen MR) is 94.2 cm³/mol. The molecule has 0 aromatic rings. The fraction of sp³-hybridized carbons (Fsp3) is 0.600. The molecule has 0 aromatic carbocycles. The molecule has 0 aromatic heterocycles. The molecule has 0 bridgehead atoms. The Labute approximate surface area is 196 Å². The summed E-state index contributed by atoms with van der Waals surface area (Å²) >= 11 is 0. The molecule has 0 amide bonds. The van der Waals surface area contributed by atoms with Crippen LogP contribution in [0.15, 0.2) is 0 Å². The second kappa shape index (κ2) is 49.5. The Morgan fingerprint density at radius 1 is 0.609 bits per heavy atom. The molecule has 0 aliphatic heterocycles. The van der Waals surface area contributed by atoms with Crippen molar-refractivity contribution in [3.63, 3.8) is 0 Å². The average molecular weight is 375 g/mol. The third kappa shape index (κ3) is 3890. The summed E-state index contributed by atoms with van der Waals surface area (Å²) in [5, 5.41) is 29.7. The second-order valence-electron chi connectivity index (χ2n) is 2.65. The number of carboxylic acids is 4. The van der Waals surface area contributed by atoms with Crippen LogP contribution in [0.25, 0.3) is 0 Å². The van der Waals surface area contributed by atoms with Crippen LogP contribution in [0.5, 0.6) is 0 Å². The molecule has 23 heavy (non-hydrogen) atoms. The SMILES string of the molecule is CC(=O)O.CC(=O)O.CC(=O)O.CC(=O)O.NCCN.[MgH2].[NaH].[NaH]. The summed E-state index contributed by atoms with van der Waals surface area (Å²) in [6, 6.07) is 0. The first kappa shape index (κ1) is 49.5. The topological polar surface area (TPSA) is 201 Å². The molecule has 130 valence electrons. The minimum absolute atomic E-state index is 0. The maximum atomic E-state index is 9.00. The van der Waals surface area contributed by atoms with Gasteiger partial charge in [0.1, 0.15) is 0 Å². The zero-order valence-electron chi connectivity index (χ0n) is 12.0. The molecule has 8 N–H and O–H groups in total. The number of rotatable bonds is 1. The van der Waals surface area contributed by atoms with E-state index in [9.17, 15) is 0 Å². The molecule has 0 spiro atoms. The Morgan fingerprint density at radius 3 is 0.652 bits per heavy atom. The molecule has 0 heterocycles. The van der Waals surface area contributed by atoms with E-state index in [0.717, 1.165) is 27.7 Å². The Balaban J connectivity index is -0.0000000197. The molecule has 0 unspecified atom stereocenters. The predicted octanol–water partition coefficient (Wildman–Crippen LogP) is -2.95. The van der Waals surface area contributed by atoms with Crippen LogP contribution in [0.4, 0.5) is 0 Å². The Hall–Kier alpha value is 0.566. The zero-order valence-corrected chi connectivity index (χ0v) is 12.0. The van der Waals surface area contributed by atoms with Gasteiger partial charge in [-0.3, -0.25) is 19.2 Å². The summed E-state index contributed by atoms with van der Waals surface area (Å²) in [5.74, 6) is -3.33. The summed E-state index contributed by atoms with van der Waals surface area (Å²) in [5.41, 5.74) is 9.81. The van der Waals surface area contributed by atoms with Gasteiger partial charge in [-0.1, -0.05) is 0 Å². The van der Waals surface area contributed by atoms with Crippen molar-refractivity contribution in [1.82, 2.24) is 0 Å². The Morgan fingerprint density at radius 2 is 0.652 bits per heavy atom. The van der Waals surface area contributed by atoms with Crippen LogP contribution in [0.3, 0.4) is 0 Å². The van der Waals surface area contributed by atoms with Crippen LogP contribution in [0, 0.1) is 0 Å². The van der Waals surface area contributed by atoms with Gasteiger partial charge < -0.3 is 31.9 Å². The third-order valence-electron chi connectivity index (χ3n) is 0.167. The van der Waals surface area contributed by atoms with Crippen LogP contribution in [-0.2, 0) is 19.2 Å². The number of nitrogens with two attached hydrogens (primary N) is 2. The van der Waals surface area contributed by atoms with E-state index in [2.05, 4.69) is 0 Å². The minimum atomic E-state index is -0.833. The first-order valence-corrected chi connectivity index (χ1v) is 5.03. The van der Waals surface area contributed by atoms with Gasteiger partial charge in [-0.15, -0.1) is 0 Å². The van der Waals surface area contributed by atoms with Crippen molar-refractivity contribution in [3.05, 3.63) is 0 Å². The fourth-order valence-electron chi connectivity index (χ4n) is 0. The van der Waals surface area contributed by atoms with Crippen LogP contribution in [0.1, 0.15) is 27.7 Å². The quantitative estimate of drug-likeness (QED) is 0.258. The van der Waals surface area contributed by atoms with Crippen molar-refractivity contribution in [2.45, 2.75) is 27.7 Å². The summed E-state index contributed by atoms with van der Waals surface area (Å²) < 4.78 is 0. The fourth-order valence-corrected chi connectivity index (χ4v) is 0. The maximum absolute atomic E-state index is 9.00. The van der Waals surface area contributed by atoms with E-state index < -0.39 is 23.9 Å². The van der Waals surface area contributed by atoms with Crippen molar-refractivity contribution in [1.29, 1.82) is 0 Å². The van der Waals surface area contributed by atoms with Gasteiger partial charge in [0.15, 0.2) is 0 Å². The van der Waals surface area contributed by atoms with E-state index in [4.69, 9.17) is 51.1 Å². The molecule has 0 fully saturated rings. The van der Waals surface area contributed by atoms with E-state index in [1.54, 1.807) is 0 Å². The van der Waals surface area contributed by atoms with Gasteiger partial charge in [-0.25, -0.2) is 0 Å². The molecule has 10 nitrogen and oxygen atoms in total. The van der Waals surface area contributed by atoms with Crippen molar-refractivity contribution < 1.29 is 39.6 Å². The number of aliphatic carboxylic acids is 4. The van der Waals surface area contributed by atoms with Gasteiger partial charge in [-0.05, 0) is 0 Å². The summed E-state index contributed by atoms with van der Waals surface area (Å²) in [6.45, 7) is 5.53. The van der Waals surface area contributed by atoms with Crippen molar-refractivity contribution in [2.75, 3.05) is 13.1 Å². The first-order valence-electron chi connectivity index (χ1n) is 5.03. The number of hydrogen-bond acceptors (Lipinski definition) is 6. The second-order valence-corrected chi connectivity index (χ2v) is 2.65. The Bertz CT molecular complexity index is 205. The van der Waals surface area contributed by atoms with Crippen molar-refractivity contribution in [2.24, 2.45) is 11.5 Å². The van der Waals surface area contributed by atoms with Gasteiger partial charge in [0, 0.05) is 40.8 Å². The van der Waals surface area contributed by atoms with Gasteiger partial charge in [0.25, 0.3) is 23.9 Å². The standard InChI is InChI=1S/C2H8N2.4C2H4O2.Mg.2Na.4H/c3-1-2-4;4*1-2(3)4;;;;;;;/h1-4H2;4*1H3,(H,3,4);;;;;;;. The molecule has 0 rings (SSSR count). The van der Waals surface area contributed by atoms with E-state index >= 15 is 0 Å². The van der Waals surface area contributed by atoms with Crippen molar-refractivity contribution >= 4 is 106 Å². The van der Waals surface area contributed by atoms with E-state index in [1.165, 1.54) is 0 Å². The van der Waals surface area contributed by atoms with Crippen LogP contribution in [0.2, 0.25) is 0 Å². The first-order chi connectivity index (χ1) is 8.84. The summed E-state index contributed by atoms with van der Waals surface area (Å²) in [7, 11) is 0. The number of carboxylic acid groups (broad SMARTS) is 4. The molecular weight excluding hydrogens is 346 g/mol. The summed E-state index contributed by atoms with van der Waals surface area (Å²) in [4.78, 5) is 36.0. The molecule has 0 aliphatic carbocycles. The summed E-state index contributed by atoms with van der Waals surface area (Å²) in [6.07, 6.45) is 0. The van der Waals surface area contributed by atoms with Gasteiger partial charge in [-0.2, -0.15) is 0 Å². The van der Waals surface area contributed by atoms with Crippen LogP contribution >= 0.6 is 0 Å². The van der Waals surface area contributed by atoms with E-state index in [-0.39, 0.29) is 82.2 Å². The molecule has 13 heteroatoms.